The summed E-state index contributed by atoms with van der Waals surface area (Å²) in [6, 6.07) is 10.5. The summed E-state index contributed by atoms with van der Waals surface area (Å²) in [4.78, 5) is 1.24. The van der Waals surface area contributed by atoms with Gasteiger partial charge in [-0.25, -0.2) is 21.6 Å². The molecule has 0 atom stereocenters. The molecule has 0 saturated carbocycles. The van der Waals surface area contributed by atoms with Crippen LogP contribution in [0.25, 0.3) is 0 Å². The summed E-state index contributed by atoms with van der Waals surface area (Å²) in [5.74, 6) is -2.89. The molecule has 0 radical (unpaired) electrons. The average Bonchev–Trinajstić information content (AvgIpc) is 2.82. The van der Waals surface area contributed by atoms with E-state index < -0.39 is 50.5 Å². The van der Waals surface area contributed by atoms with Crippen LogP contribution in [0.5, 0.6) is 5.75 Å². The number of benzene rings is 3. The third kappa shape index (κ3) is 7.71. The van der Waals surface area contributed by atoms with E-state index in [1.54, 1.807) is 4.90 Å². The number of alkyl halides is 3. The van der Waals surface area contributed by atoms with E-state index in [4.69, 9.17) is 4.74 Å². The van der Waals surface area contributed by atoms with Gasteiger partial charge in [0.25, 0.3) is 0 Å². The summed E-state index contributed by atoms with van der Waals surface area (Å²) in [5, 5.41) is 9.31. The van der Waals surface area contributed by atoms with Crippen LogP contribution < -0.4 is 4.74 Å². The summed E-state index contributed by atoms with van der Waals surface area (Å²) < 4.78 is 111. The van der Waals surface area contributed by atoms with Crippen molar-refractivity contribution in [1.82, 2.24) is 4.90 Å². The number of hydrogen-bond donors (Lipinski definition) is 1. The second kappa shape index (κ2) is 12.2. The molecule has 0 aliphatic carbocycles. The first-order valence-corrected chi connectivity index (χ1v) is 13.3. The smallest absolute Gasteiger partial charge is 0.419 e. The second-order valence-corrected chi connectivity index (χ2v) is 10.6. The lowest BCUT2D eigenvalue weighted by atomic mass is 10.1. The van der Waals surface area contributed by atoms with Crippen molar-refractivity contribution < 1.29 is 44.6 Å². The highest BCUT2D eigenvalue weighted by Crippen LogP contribution is 2.33. The van der Waals surface area contributed by atoms with Crippen molar-refractivity contribution in [3.8, 4) is 5.75 Å². The number of sulfone groups is 1. The Balaban J connectivity index is 1.75. The largest absolute Gasteiger partial charge is 0.493 e. The zero-order valence-corrected chi connectivity index (χ0v) is 21.1. The van der Waals surface area contributed by atoms with Gasteiger partial charge in [0.15, 0.2) is 9.84 Å². The Kier molecular flexibility index (Phi) is 9.45. The maximum absolute atomic E-state index is 14.6. The van der Waals surface area contributed by atoms with Gasteiger partial charge in [0.2, 0.25) is 0 Å². The highest BCUT2D eigenvalue weighted by molar-refractivity contribution is 7.90. The predicted octanol–water partition coefficient (Wildman–Crippen LogP) is 5.49. The number of ether oxygens (including phenoxy) is 1. The van der Waals surface area contributed by atoms with Gasteiger partial charge >= 0.3 is 6.18 Å². The average molecular weight is 562 g/mol. The van der Waals surface area contributed by atoms with Crippen LogP contribution in [0.1, 0.15) is 28.7 Å². The fourth-order valence-electron chi connectivity index (χ4n) is 3.86. The second-order valence-electron chi connectivity index (χ2n) is 8.63. The molecule has 12 heteroatoms. The SMILES string of the molecule is CS(=O)(=O)c1cc(OCCCN(Cc2ccc(F)cc2)Cc2cccc(C(F)(F)F)c2F)cc(F)c1CO. The number of aliphatic hydroxyl groups is 1. The van der Waals surface area contributed by atoms with Crippen LogP contribution in [0.3, 0.4) is 0 Å². The van der Waals surface area contributed by atoms with Gasteiger partial charge in [0.05, 0.1) is 23.7 Å². The summed E-state index contributed by atoms with van der Waals surface area (Å²) in [5.41, 5.74) is -1.30. The number of hydrogen-bond acceptors (Lipinski definition) is 5. The number of halogens is 6. The van der Waals surface area contributed by atoms with Gasteiger partial charge in [0, 0.05) is 43.1 Å². The lowest BCUT2D eigenvalue weighted by Gasteiger charge is -2.24. The zero-order valence-electron chi connectivity index (χ0n) is 20.2. The van der Waals surface area contributed by atoms with Gasteiger partial charge in [-0.3, -0.25) is 4.90 Å². The van der Waals surface area contributed by atoms with Crippen LogP contribution in [-0.4, -0.2) is 37.8 Å². The normalized spacial score (nSPS) is 12.2. The molecular weight excluding hydrogens is 536 g/mol. The molecule has 0 aliphatic rings. The molecule has 0 unspecified atom stereocenters. The first-order valence-electron chi connectivity index (χ1n) is 11.4. The summed E-state index contributed by atoms with van der Waals surface area (Å²) >= 11 is 0. The van der Waals surface area contributed by atoms with Crippen molar-refractivity contribution in [2.75, 3.05) is 19.4 Å². The van der Waals surface area contributed by atoms with Crippen molar-refractivity contribution in [1.29, 1.82) is 0 Å². The number of nitrogens with zero attached hydrogens (tertiary/aromatic N) is 1. The van der Waals surface area contributed by atoms with Crippen LogP contribution in [-0.2, 0) is 35.7 Å². The van der Waals surface area contributed by atoms with Crippen molar-refractivity contribution in [2.24, 2.45) is 0 Å². The molecule has 0 heterocycles. The molecule has 0 amide bonds. The molecule has 3 aromatic rings. The van der Waals surface area contributed by atoms with Gasteiger partial charge in [-0.15, -0.1) is 0 Å². The fourth-order valence-corrected chi connectivity index (χ4v) is 4.80. The Morgan fingerprint density at radius 2 is 1.66 bits per heavy atom. The van der Waals surface area contributed by atoms with E-state index in [9.17, 15) is 39.9 Å². The van der Waals surface area contributed by atoms with E-state index in [-0.39, 0.29) is 49.5 Å². The minimum atomic E-state index is -4.86. The van der Waals surface area contributed by atoms with E-state index >= 15 is 0 Å². The lowest BCUT2D eigenvalue weighted by molar-refractivity contribution is -0.140. The third-order valence-corrected chi connectivity index (χ3v) is 6.83. The molecule has 3 rings (SSSR count). The molecule has 1 N–H and O–H groups in total. The molecule has 0 bridgehead atoms. The van der Waals surface area contributed by atoms with Crippen molar-refractivity contribution >= 4 is 9.84 Å². The van der Waals surface area contributed by atoms with E-state index in [1.807, 2.05) is 0 Å². The Labute approximate surface area is 216 Å². The van der Waals surface area contributed by atoms with E-state index in [0.29, 0.717) is 11.6 Å². The third-order valence-electron chi connectivity index (χ3n) is 5.67. The van der Waals surface area contributed by atoms with Gasteiger partial charge < -0.3 is 9.84 Å². The van der Waals surface area contributed by atoms with Crippen LogP contribution in [0.4, 0.5) is 26.3 Å². The molecular formula is C26H25F6NO4S. The molecule has 0 saturated heterocycles. The first kappa shape index (κ1) is 29.5. The van der Waals surface area contributed by atoms with E-state index in [2.05, 4.69) is 0 Å². The van der Waals surface area contributed by atoms with Crippen LogP contribution in [0.2, 0.25) is 0 Å². The van der Waals surface area contributed by atoms with Crippen LogP contribution >= 0.6 is 0 Å². The van der Waals surface area contributed by atoms with E-state index in [0.717, 1.165) is 24.5 Å². The molecule has 5 nitrogen and oxygen atoms in total. The molecule has 38 heavy (non-hydrogen) atoms. The molecule has 0 spiro atoms. The van der Waals surface area contributed by atoms with Gasteiger partial charge in [0.1, 0.15) is 23.2 Å². The summed E-state index contributed by atoms with van der Waals surface area (Å²) in [6.45, 7) is -0.687. The minimum absolute atomic E-state index is 0.0356. The Hall–Kier alpha value is -3.09. The lowest BCUT2D eigenvalue weighted by Crippen LogP contribution is -2.26. The zero-order chi connectivity index (χ0) is 28.1. The Morgan fingerprint density at radius 3 is 2.26 bits per heavy atom. The highest BCUT2D eigenvalue weighted by atomic mass is 32.2. The highest BCUT2D eigenvalue weighted by Gasteiger charge is 2.35. The predicted molar refractivity (Wildman–Crippen MR) is 127 cm³/mol. The molecule has 206 valence electrons. The first-order chi connectivity index (χ1) is 17.8. The summed E-state index contributed by atoms with van der Waals surface area (Å²) in [7, 11) is -3.86. The van der Waals surface area contributed by atoms with E-state index in [1.165, 1.54) is 30.3 Å². The van der Waals surface area contributed by atoms with Crippen molar-refractivity contribution in [3.63, 3.8) is 0 Å². The van der Waals surface area contributed by atoms with Gasteiger partial charge in [-0.2, -0.15) is 13.2 Å². The van der Waals surface area contributed by atoms with Gasteiger partial charge in [-0.05, 0) is 36.2 Å². The quantitative estimate of drug-likeness (QED) is 0.248. The van der Waals surface area contributed by atoms with Crippen molar-refractivity contribution in [3.05, 3.63) is 94.3 Å². The maximum Gasteiger partial charge on any atom is 0.419 e. The summed E-state index contributed by atoms with van der Waals surface area (Å²) in [6.07, 6.45) is -3.74. The molecule has 0 aromatic heterocycles. The Bertz CT molecular complexity index is 1360. The molecule has 3 aromatic carbocycles. The maximum atomic E-state index is 14.6. The fraction of sp³-hybridized carbons (Fsp3) is 0.308. The topological polar surface area (TPSA) is 66.8 Å². The number of rotatable bonds is 11. The van der Waals surface area contributed by atoms with Crippen LogP contribution in [0, 0.1) is 17.5 Å². The molecule has 0 fully saturated rings. The minimum Gasteiger partial charge on any atom is -0.493 e. The number of aliphatic hydroxyl groups excluding tert-OH is 1. The van der Waals surface area contributed by atoms with Gasteiger partial charge in [-0.1, -0.05) is 24.3 Å². The van der Waals surface area contributed by atoms with Crippen molar-refractivity contribution in [2.45, 2.75) is 37.2 Å². The Morgan fingerprint density at radius 1 is 0.974 bits per heavy atom. The monoisotopic (exact) mass is 561 g/mol. The molecule has 0 aliphatic heterocycles. The standard InChI is InChI=1S/C26H25F6NO4S/c1-38(35,36)24-13-20(12-23(28)21(24)16-34)37-11-3-10-33(14-17-6-8-19(27)9-7-17)15-18-4-2-5-22(25(18)29)26(30,31)32/h2,4-9,12-13,34H,3,10-11,14-16H2,1H3. The van der Waals surface area contributed by atoms with Crippen LogP contribution in [0.15, 0.2) is 59.5 Å².